The Bertz CT molecular complexity index is 441. The van der Waals surface area contributed by atoms with Gasteiger partial charge in [0.1, 0.15) is 0 Å². The van der Waals surface area contributed by atoms with E-state index >= 15 is 0 Å². The molecule has 17 heavy (non-hydrogen) atoms. The molecule has 0 N–H and O–H groups in total. The van der Waals surface area contributed by atoms with E-state index in [0.29, 0.717) is 11.8 Å². The third-order valence-corrected chi connectivity index (χ3v) is 4.64. The van der Waals surface area contributed by atoms with Crippen molar-refractivity contribution in [3.05, 3.63) is 35.4 Å². The maximum atomic E-state index is 9.55. The molecule has 88 valence electrons. The first kappa shape index (κ1) is 10.8. The molecule has 0 saturated heterocycles. The van der Waals surface area contributed by atoms with Crippen LogP contribution in [0.15, 0.2) is 24.3 Å². The van der Waals surface area contributed by atoms with E-state index in [2.05, 4.69) is 30.3 Å². The van der Waals surface area contributed by atoms with Crippen LogP contribution < -0.4 is 0 Å². The highest BCUT2D eigenvalue weighted by Crippen LogP contribution is 2.48. The van der Waals surface area contributed by atoms with E-state index < -0.39 is 5.60 Å². The minimum absolute atomic E-state index is 0.367. The standard InChI is InChI=1S/C15H17NO/c1-17-15(10-16)13-6-7-14(15)9-12-5-3-2-4-11(12)8-13/h2-5,13-14H,6-9H2,1H3. The van der Waals surface area contributed by atoms with E-state index in [1.807, 2.05) is 0 Å². The van der Waals surface area contributed by atoms with Gasteiger partial charge < -0.3 is 4.74 Å². The van der Waals surface area contributed by atoms with Gasteiger partial charge in [0.05, 0.1) is 6.07 Å². The maximum Gasteiger partial charge on any atom is 0.160 e. The van der Waals surface area contributed by atoms with Gasteiger partial charge in [-0.2, -0.15) is 5.26 Å². The fourth-order valence-corrected chi connectivity index (χ4v) is 3.72. The van der Waals surface area contributed by atoms with Crippen LogP contribution in [0, 0.1) is 23.2 Å². The summed E-state index contributed by atoms with van der Waals surface area (Å²) in [6.07, 6.45) is 4.24. The summed E-state index contributed by atoms with van der Waals surface area (Å²) in [6.45, 7) is 0. The summed E-state index contributed by atoms with van der Waals surface area (Å²) < 4.78 is 5.67. The monoisotopic (exact) mass is 227 g/mol. The van der Waals surface area contributed by atoms with Crippen LogP contribution in [0.4, 0.5) is 0 Å². The minimum Gasteiger partial charge on any atom is -0.363 e. The van der Waals surface area contributed by atoms with E-state index in [9.17, 15) is 5.26 Å². The number of fused-ring (bicyclic) bond motifs is 3. The highest BCUT2D eigenvalue weighted by Gasteiger charge is 2.52. The molecule has 2 nitrogen and oxygen atoms in total. The lowest BCUT2D eigenvalue weighted by Crippen LogP contribution is -2.40. The Hall–Kier alpha value is -1.33. The van der Waals surface area contributed by atoms with Crippen LogP contribution in [0.25, 0.3) is 0 Å². The van der Waals surface area contributed by atoms with Crippen molar-refractivity contribution in [2.24, 2.45) is 11.8 Å². The van der Waals surface area contributed by atoms with Crippen molar-refractivity contribution in [1.82, 2.24) is 0 Å². The van der Waals surface area contributed by atoms with Gasteiger partial charge in [-0.15, -0.1) is 0 Å². The largest absolute Gasteiger partial charge is 0.363 e. The Labute approximate surface area is 102 Å². The van der Waals surface area contributed by atoms with E-state index in [0.717, 1.165) is 25.7 Å². The second-order valence-electron chi connectivity index (χ2n) is 5.26. The molecule has 0 spiro atoms. The lowest BCUT2D eigenvalue weighted by atomic mass is 9.83. The number of rotatable bonds is 1. The summed E-state index contributed by atoms with van der Waals surface area (Å²) >= 11 is 0. The number of benzene rings is 1. The molecule has 2 heteroatoms. The summed E-state index contributed by atoms with van der Waals surface area (Å²) in [5, 5.41) is 9.55. The molecular formula is C15H17NO. The number of nitriles is 1. The van der Waals surface area contributed by atoms with E-state index in [4.69, 9.17) is 4.74 Å². The molecular weight excluding hydrogens is 210 g/mol. The SMILES string of the molecule is COC1(C#N)C2CCC1Cc1ccccc1C2. The van der Waals surface area contributed by atoms with Crippen molar-refractivity contribution in [3.63, 3.8) is 0 Å². The Morgan fingerprint density at radius 1 is 1.18 bits per heavy atom. The predicted molar refractivity (Wildman–Crippen MR) is 65.4 cm³/mol. The molecule has 0 aliphatic heterocycles. The van der Waals surface area contributed by atoms with Crippen LogP contribution in [0.3, 0.4) is 0 Å². The molecule has 2 bridgehead atoms. The van der Waals surface area contributed by atoms with Crippen molar-refractivity contribution < 1.29 is 4.74 Å². The van der Waals surface area contributed by atoms with Gasteiger partial charge >= 0.3 is 0 Å². The molecule has 0 aromatic heterocycles. The number of methoxy groups -OCH3 is 1. The predicted octanol–water partition coefficient (Wildman–Crippen LogP) is 2.72. The van der Waals surface area contributed by atoms with Crippen molar-refractivity contribution >= 4 is 0 Å². The lowest BCUT2D eigenvalue weighted by molar-refractivity contribution is -0.0237. The number of hydrogen-bond acceptors (Lipinski definition) is 2. The van der Waals surface area contributed by atoms with Gasteiger partial charge in [0, 0.05) is 18.9 Å². The smallest absolute Gasteiger partial charge is 0.160 e. The van der Waals surface area contributed by atoms with Crippen molar-refractivity contribution in [2.75, 3.05) is 7.11 Å². The molecule has 0 radical (unpaired) electrons. The Kier molecular flexibility index (Phi) is 2.45. The molecule has 1 aromatic rings. The number of nitrogens with zero attached hydrogens (tertiary/aromatic N) is 1. The average Bonchev–Trinajstić information content (AvgIpc) is 2.61. The highest BCUT2D eigenvalue weighted by atomic mass is 16.5. The Morgan fingerprint density at radius 3 is 2.12 bits per heavy atom. The second kappa shape index (κ2) is 3.85. The van der Waals surface area contributed by atoms with Crippen LogP contribution >= 0.6 is 0 Å². The summed E-state index contributed by atoms with van der Waals surface area (Å²) in [6, 6.07) is 11.1. The van der Waals surface area contributed by atoms with E-state index in [1.165, 1.54) is 11.1 Å². The number of ether oxygens (including phenoxy) is 1. The fraction of sp³-hybridized carbons (Fsp3) is 0.533. The molecule has 3 rings (SSSR count). The van der Waals surface area contributed by atoms with Gasteiger partial charge in [0.2, 0.25) is 0 Å². The minimum atomic E-state index is -0.543. The zero-order valence-electron chi connectivity index (χ0n) is 10.1. The van der Waals surface area contributed by atoms with Crippen molar-refractivity contribution in [2.45, 2.75) is 31.3 Å². The van der Waals surface area contributed by atoms with Crippen LogP contribution in [0.5, 0.6) is 0 Å². The maximum absolute atomic E-state index is 9.55. The normalized spacial score (nSPS) is 34.8. The molecule has 0 heterocycles. The molecule has 0 amide bonds. The van der Waals surface area contributed by atoms with E-state index in [1.54, 1.807) is 7.11 Å². The average molecular weight is 227 g/mol. The quantitative estimate of drug-likeness (QED) is 0.739. The van der Waals surface area contributed by atoms with Crippen LogP contribution in [0.2, 0.25) is 0 Å². The summed E-state index contributed by atoms with van der Waals surface area (Å²) in [7, 11) is 1.70. The first-order valence-corrected chi connectivity index (χ1v) is 6.33. The first-order valence-electron chi connectivity index (χ1n) is 6.33. The summed E-state index contributed by atoms with van der Waals surface area (Å²) in [4.78, 5) is 0. The van der Waals surface area contributed by atoms with Gasteiger partial charge in [-0.1, -0.05) is 24.3 Å². The third kappa shape index (κ3) is 1.42. The highest BCUT2D eigenvalue weighted by molar-refractivity contribution is 5.33. The molecule has 1 saturated carbocycles. The zero-order valence-corrected chi connectivity index (χ0v) is 10.1. The van der Waals surface area contributed by atoms with Crippen LogP contribution in [-0.2, 0) is 17.6 Å². The third-order valence-electron chi connectivity index (χ3n) is 4.64. The van der Waals surface area contributed by atoms with Gasteiger partial charge in [-0.05, 0) is 36.8 Å². The van der Waals surface area contributed by atoms with Gasteiger partial charge in [-0.3, -0.25) is 0 Å². The molecule has 2 aliphatic rings. The number of hydrogen-bond donors (Lipinski definition) is 0. The van der Waals surface area contributed by atoms with E-state index in [-0.39, 0.29) is 0 Å². The Balaban J connectivity index is 2.06. The molecule has 2 aliphatic carbocycles. The lowest BCUT2D eigenvalue weighted by Gasteiger charge is -2.30. The van der Waals surface area contributed by atoms with Gasteiger partial charge in [-0.25, -0.2) is 0 Å². The topological polar surface area (TPSA) is 33.0 Å². The molecule has 2 atom stereocenters. The van der Waals surface area contributed by atoms with Gasteiger partial charge in [0.25, 0.3) is 0 Å². The molecule has 1 fully saturated rings. The van der Waals surface area contributed by atoms with Crippen molar-refractivity contribution in [1.29, 1.82) is 5.26 Å². The molecule has 2 unspecified atom stereocenters. The Morgan fingerprint density at radius 2 is 1.71 bits per heavy atom. The second-order valence-corrected chi connectivity index (χ2v) is 5.26. The summed E-state index contributed by atoms with van der Waals surface area (Å²) in [5.41, 5.74) is 2.28. The van der Waals surface area contributed by atoms with Crippen LogP contribution in [-0.4, -0.2) is 12.7 Å². The first-order chi connectivity index (χ1) is 8.30. The molecule has 1 aromatic carbocycles. The zero-order chi connectivity index (χ0) is 11.9. The van der Waals surface area contributed by atoms with Crippen molar-refractivity contribution in [3.8, 4) is 6.07 Å². The fourth-order valence-electron chi connectivity index (χ4n) is 3.72. The summed E-state index contributed by atoms with van der Waals surface area (Å²) in [5.74, 6) is 0.734. The van der Waals surface area contributed by atoms with Gasteiger partial charge in [0.15, 0.2) is 5.60 Å². The van der Waals surface area contributed by atoms with Crippen LogP contribution in [0.1, 0.15) is 24.0 Å².